The maximum Gasteiger partial charge on any atom is 0.306 e. The van der Waals surface area contributed by atoms with Crippen LogP contribution in [0.3, 0.4) is 0 Å². The quantitative estimate of drug-likeness (QED) is 0.0345. The molecule has 68 heavy (non-hydrogen) atoms. The van der Waals surface area contributed by atoms with Crippen LogP contribution < -0.4 is 0 Å². The lowest BCUT2D eigenvalue weighted by Gasteiger charge is -2.18. The third-order valence-electron chi connectivity index (χ3n) is 11.2. The van der Waals surface area contributed by atoms with Crippen LogP contribution in [0, 0.1) is 0 Å². The Kier molecular flexibility index (Phi) is 54.0. The SMILES string of the molecule is CC/C=C\C/C=C\C/C=C\C/C=C\C/C=C\C/C=C\CCC(=O)OCC(COCCCCCCCCCCCCCCCC)OC(=O)CCCCC/C=C\C/C=C\C/C=C\C/C=C\C/C=C\CC. The average molecular weight is 940 g/mol. The molecule has 0 radical (unpaired) electrons. The minimum atomic E-state index is -0.592. The normalized spacial score (nSPS) is 13.3. The third kappa shape index (κ3) is 54.6. The molecule has 0 aliphatic heterocycles. The van der Waals surface area contributed by atoms with E-state index in [4.69, 9.17) is 14.2 Å². The van der Waals surface area contributed by atoms with Crippen molar-refractivity contribution in [2.75, 3.05) is 19.8 Å². The number of esters is 2. The molecule has 5 heteroatoms. The van der Waals surface area contributed by atoms with Crippen LogP contribution in [0.1, 0.15) is 226 Å². The van der Waals surface area contributed by atoms with Gasteiger partial charge in [-0.2, -0.15) is 0 Å². The number of hydrogen-bond acceptors (Lipinski definition) is 5. The van der Waals surface area contributed by atoms with E-state index in [0.29, 0.717) is 25.9 Å². The highest BCUT2D eigenvalue weighted by molar-refractivity contribution is 5.70. The van der Waals surface area contributed by atoms with Crippen molar-refractivity contribution in [1.29, 1.82) is 0 Å². The maximum absolute atomic E-state index is 12.8. The van der Waals surface area contributed by atoms with Crippen molar-refractivity contribution in [1.82, 2.24) is 0 Å². The number of unbranched alkanes of at least 4 members (excludes halogenated alkanes) is 16. The Morgan fingerprint density at radius 2 is 0.691 bits per heavy atom. The number of carbonyl (C=O) groups is 2. The Balaban J connectivity index is 4.47. The molecule has 0 saturated heterocycles. The number of carbonyl (C=O) groups excluding carboxylic acids is 2. The molecule has 0 aromatic carbocycles. The summed E-state index contributed by atoms with van der Waals surface area (Å²) >= 11 is 0. The predicted octanol–water partition coefficient (Wildman–Crippen LogP) is 19.1. The van der Waals surface area contributed by atoms with Crippen LogP contribution in [-0.2, 0) is 23.8 Å². The summed E-state index contributed by atoms with van der Waals surface area (Å²) in [7, 11) is 0. The summed E-state index contributed by atoms with van der Waals surface area (Å²) in [6.07, 6.45) is 81.9. The fraction of sp³-hybridized carbons (Fsp3) is 0.619. The second kappa shape index (κ2) is 57.4. The zero-order valence-corrected chi connectivity index (χ0v) is 44.1. The van der Waals surface area contributed by atoms with Crippen molar-refractivity contribution >= 4 is 11.9 Å². The first-order valence-corrected chi connectivity index (χ1v) is 27.7. The first-order valence-electron chi connectivity index (χ1n) is 27.7. The molecule has 1 unspecified atom stereocenters. The van der Waals surface area contributed by atoms with Gasteiger partial charge in [-0.25, -0.2) is 0 Å². The summed E-state index contributed by atoms with van der Waals surface area (Å²) in [5.74, 6) is -0.536. The molecule has 0 aromatic rings. The highest BCUT2D eigenvalue weighted by Gasteiger charge is 2.17. The van der Waals surface area contributed by atoms with Gasteiger partial charge in [0, 0.05) is 19.4 Å². The van der Waals surface area contributed by atoms with Gasteiger partial charge in [-0.1, -0.05) is 244 Å². The second-order valence-corrected chi connectivity index (χ2v) is 17.7. The van der Waals surface area contributed by atoms with Crippen LogP contribution in [0.5, 0.6) is 0 Å². The molecule has 0 aliphatic carbocycles. The van der Waals surface area contributed by atoms with Gasteiger partial charge < -0.3 is 14.2 Å². The van der Waals surface area contributed by atoms with Gasteiger partial charge in [-0.15, -0.1) is 0 Å². The number of hydrogen-bond donors (Lipinski definition) is 0. The van der Waals surface area contributed by atoms with Gasteiger partial charge in [0.2, 0.25) is 0 Å². The highest BCUT2D eigenvalue weighted by Crippen LogP contribution is 2.14. The second-order valence-electron chi connectivity index (χ2n) is 17.7. The fourth-order valence-corrected chi connectivity index (χ4v) is 7.15. The largest absolute Gasteiger partial charge is 0.462 e. The summed E-state index contributed by atoms with van der Waals surface area (Å²) in [6, 6.07) is 0. The van der Waals surface area contributed by atoms with Crippen LogP contribution in [0.25, 0.3) is 0 Å². The van der Waals surface area contributed by atoms with Crippen LogP contribution in [-0.4, -0.2) is 37.9 Å². The lowest BCUT2D eigenvalue weighted by atomic mass is 10.0. The molecule has 0 saturated carbocycles. The van der Waals surface area contributed by atoms with Gasteiger partial charge in [0.25, 0.3) is 0 Å². The summed E-state index contributed by atoms with van der Waals surface area (Å²) < 4.78 is 17.4. The van der Waals surface area contributed by atoms with E-state index in [1.165, 1.54) is 77.0 Å². The van der Waals surface area contributed by atoms with Crippen LogP contribution in [0.2, 0.25) is 0 Å². The van der Waals surface area contributed by atoms with Crippen molar-refractivity contribution in [3.8, 4) is 0 Å². The van der Waals surface area contributed by atoms with Crippen molar-refractivity contribution in [3.05, 3.63) is 134 Å². The Labute approximate surface area is 419 Å². The van der Waals surface area contributed by atoms with E-state index in [1.807, 2.05) is 6.08 Å². The molecule has 384 valence electrons. The summed E-state index contributed by atoms with van der Waals surface area (Å²) in [6.45, 7) is 7.48. The molecule has 0 spiro atoms. The smallest absolute Gasteiger partial charge is 0.306 e. The maximum atomic E-state index is 12.8. The van der Waals surface area contributed by atoms with E-state index in [2.05, 4.69) is 148 Å². The van der Waals surface area contributed by atoms with E-state index in [-0.39, 0.29) is 25.2 Å². The molecule has 0 rings (SSSR count). The van der Waals surface area contributed by atoms with Crippen molar-refractivity contribution in [2.24, 2.45) is 0 Å². The van der Waals surface area contributed by atoms with Gasteiger partial charge in [-0.3, -0.25) is 9.59 Å². The molecule has 0 aliphatic rings. The van der Waals surface area contributed by atoms with Gasteiger partial charge >= 0.3 is 11.9 Å². The molecular formula is C63H102O5. The molecule has 0 amide bonds. The van der Waals surface area contributed by atoms with Crippen LogP contribution in [0.15, 0.2) is 134 Å². The van der Waals surface area contributed by atoms with Gasteiger partial charge in [-0.05, 0) is 103 Å². The molecule has 0 aromatic heterocycles. The minimum Gasteiger partial charge on any atom is -0.462 e. The van der Waals surface area contributed by atoms with E-state index >= 15 is 0 Å². The van der Waals surface area contributed by atoms with Gasteiger partial charge in [0.1, 0.15) is 6.61 Å². The summed E-state index contributed by atoms with van der Waals surface area (Å²) in [5.41, 5.74) is 0. The van der Waals surface area contributed by atoms with Crippen molar-refractivity contribution in [2.45, 2.75) is 232 Å². The van der Waals surface area contributed by atoms with Gasteiger partial charge in [0.15, 0.2) is 6.10 Å². The molecule has 0 bridgehead atoms. The fourth-order valence-electron chi connectivity index (χ4n) is 7.15. The van der Waals surface area contributed by atoms with E-state index in [0.717, 1.165) is 109 Å². The molecule has 1 atom stereocenters. The first kappa shape index (κ1) is 64.0. The Morgan fingerprint density at radius 3 is 1.10 bits per heavy atom. The molecule has 0 fully saturated rings. The average Bonchev–Trinajstić information content (AvgIpc) is 3.34. The molecule has 0 N–H and O–H groups in total. The van der Waals surface area contributed by atoms with Crippen molar-refractivity contribution < 1.29 is 23.8 Å². The van der Waals surface area contributed by atoms with Crippen molar-refractivity contribution in [3.63, 3.8) is 0 Å². The highest BCUT2D eigenvalue weighted by atomic mass is 16.6. The Bertz CT molecular complexity index is 1430. The lowest BCUT2D eigenvalue weighted by molar-refractivity contribution is -0.162. The molecular weight excluding hydrogens is 837 g/mol. The standard InChI is InChI=1S/C63H102O5/c1-4-7-10-13-16-19-22-25-28-30-32-34-36-38-41-44-47-50-53-56-62(64)67-60-61(59-66-58-55-52-49-46-43-40-27-24-21-18-15-12-9-6-3)68-63(65)57-54-51-48-45-42-39-37-35-33-31-29-26-23-20-17-14-11-8-5-2/h7-8,10-11,16-17,19-20,25-26,28-29,32-35,38-39,41-42,47,50,61H,4-6,9,12-15,18,21-24,27,30-31,36-37,40,43-46,48-49,51-60H2,1-3H3/b10-7-,11-8-,19-16-,20-17-,28-25-,29-26-,34-32-,35-33-,41-38-,42-39-,50-47-. The monoisotopic (exact) mass is 939 g/mol. The number of rotatable bonds is 49. The Hall–Kier alpha value is -3.96. The third-order valence-corrected chi connectivity index (χ3v) is 11.2. The molecule has 5 nitrogen and oxygen atoms in total. The number of allylic oxidation sites excluding steroid dienone is 22. The lowest BCUT2D eigenvalue weighted by Crippen LogP contribution is -2.30. The Morgan fingerprint density at radius 1 is 0.338 bits per heavy atom. The van der Waals surface area contributed by atoms with E-state index < -0.39 is 6.10 Å². The van der Waals surface area contributed by atoms with Crippen LogP contribution in [0.4, 0.5) is 0 Å². The minimum absolute atomic E-state index is 0.0249. The predicted molar refractivity (Wildman–Crippen MR) is 297 cm³/mol. The van der Waals surface area contributed by atoms with E-state index in [1.54, 1.807) is 0 Å². The van der Waals surface area contributed by atoms with Crippen LogP contribution >= 0.6 is 0 Å². The van der Waals surface area contributed by atoms with E-state index in [9.17, 15) is 9.59 Å². The molecule has 0 heterocycles. The first-order chi connectivity index (χ1) is 33.6. The summed E-state index contributed by atoms with van der Waals surface area (Å²) in [5, 5.41) is 0. The number of ether oxygens (including phenoxy) is 3. The van der Waals surface area contributed by atoms with Gasteiger partial charge in [0.05, 0.1) is 6.61 Å². The summed E-state index contributed by atoms with van der Waals surface area (Å²) in [4.78, 5) is 25.5. The zero-order valence-electron chi connectivity index (χ0n) is 44.1. The topological polar surface area (TPSA) is 61.8 Å². The zero-order chi connectivity index (χ0) is 49.2.